The maximum absolute atomic E-state index is 13.2. The molecule has 0 atom stereocenters. The first-order valence-corrected chi connectivity index (χ1v) is 7.45. The predicted molar refractivity (Wildman–Crippen MR) is 80.1 cm³/mol. The van der Waals surface area contributed by atoms with Gasteiger partial charge in [-0.2, -0.15) is 0 Å². The number of anilines is 1. The van der Waals surface area contributed by atoms with Crippen molar-refractivity contribution in [2.45, 2.75) is 47.5 Å². The summed E-state index contributed by atoms with van der Waals surface area (Å²) in [6, 6.07) is 1.61. The van der Waals surface area contributed by atoms with Crippen LogP contribution in [0.25, 0.3) is 0 Å². The summed E-state index contributed by atoms with van der Waals surface area (Å²) in [7, 11) is 0. The van der Waals surface area contributed by atoms with E-state index in [2.05, 4.69) is 23.7 Å². The third-order valence-corrected chi connectivity index (χ3v) is 3.85. The van der Waals surface area contributed by atoms with Crippen LogP contribution in [0.2, 0.25) is 0 Å². The zero-order chi connectivity index (χ0) is 14.4. The van der Waals surface area contributed by atoms with Crippen LogP contribution in [0.3, 0.4) is 0 Å². The number of nitrogens with zero attached hydrogens (tertiary/aromatic N) is 2. The minimum atomic E-state index is -0.239. The zero-order valence-electron chi connectivity index (χ0n) is 12.9. The van der Waals surface area contributed by atoms with Gasteiger partial charge in [-0.05, 0) is 31.6 Å². The lowest BCUT2D eigenvalue weighted by Gasteiger charge is -2.35. The molecule has 1 saturated heterocycles. The monoisotopic (exact) mass is 266 g/mol. The van der Waals surface area contributed by atoms with Crippen molar-refractivity contribution in [3.8, 4) is 0 Å². The van der Waals surface area contributed by atoms with Crippen LogP contribution in [0.1, 0.15) is 46.2 Å². The lowest BCUT2D eigenvalue weighted by atomic mass is 9.86. The third-order valence-electron chi connectivity index (χ3n) is 3.85. The molecule has 0 aromatic carbocycles. The second-order valence-electron chi connectivity index (χ2n) is 5.33. The van der Waals surface area contributed by atoms with Crippen LogP contribution in [0.15, 0.2) is 12.3 Å². The predicted octanol–water partition coefficient (Wildman–Crippen LogP) is 4.43. The van der Waals surface area contributed by atoms with Crippen LogP contribution in [0, 0.1) is 24.6 Å². The fraction of sp³-hybridized carbons (Fsp3) is 0.688. The summed E-state index contributed by atoms with van der Waals surface area (Å²) in [5.41, 5.74) is 1.89. The Morgan fingerprint density at radius 1 is 1.26 bits per heavy atom. The van der Waals surface area contributed by atoms with Gasteiger partial charge in [0, 0.05) is 19.2 Å². The van der Waals surface area contributed by atoms with Crippen LogP contribution in [-0.2, 0) is 0 Å². The van der Waals surface area contributed by atoms with E-state index in [0.29, 0.717) is 0 Å². The summed E-state index contributed by atoms with van der Waals surface area (Å²) in [6.07, 6.45) is 3.70. The van der Waals surface area contributed by atoms with E-state index >= 15 is 0 Å². The lowest BCUT2D eigenvalue weighted by molar-refractivity contribution is 0.311. The van der Waals surface area contributed by atoms with Crippen molar-refractivity contribution in [3.05, 3.63) is 23.8 Å². The highest BCUT2D eigenvalue weighted by molar-refractivity contribution is 5.50. The van der Waals surface area contributed by atoms with E-state index in [9.17, 15) is 4.39 Å². The average molecular weight is 266 g/mol. The van der Waals surface area contributed by atoms with Gasteiger partial charge in [0.15, 0.2) is 0 Å². The fourth-order valence-corrected chi connectivity index (χ4v) is 2.62. The van der Waals surface area contributed by atoms with Crippen molar-refractivity contribution in [2.24, 2.45) is 11.8 Å². The molecule has 0 aliphatic carbocycles. The van der Waals surface area contributed by atoms with Gasteiger partial charge in [-0.15, -0.1) is 0 Å². The van der Waals surface area contributed by atoms with Gasteiger partial charge < -0.3 is 4.90 Å². The summed E-state index contributed by atoms with van der Waals surface area (Å²) in [5.74, 6) is 1.33. The van der Waals surface area contributed by atoms with Gasteiger partial charge >= 0.3 is 0 Å². The molecule has 0 amide bonds. The minimum Gasteiger partial charge on any atom is -0.370 e. The van der Waals surface area contributed by atoms with Crippen molar-refractivity contribution < 1.29 is 4.39 Å². The zero-order valence-corrected chi connectivity index (χ0v) is 12.9. The highest BCUT2D eigenvalue weighted by Crippen LogP contribution is 2.29. The molecule has 1 fully saturated rings. The first-order valence-electron chi connectivity index (χ1n) is 7.45. The van der Waals surface area contributed by atoms with Crippen LogP contribution in [-0.4, -0.2) is 18.1 Å². The van der Waals surface area contributed by atoms with E-state index in [0.717, 1.165) is 36.3 Å². The minimum absolute atomic E-state index is 0.239. The molecule has 2 rings (SSSR count). The van der Waals surface area contributed by atoms with Crippen molar-refractivity contribution >= 4 is 5.69 Å². The largest absolute Gasteiger partial charge is 0.370 e. The Labute approximate surface area is 117 Å². The maximum Gasteiger partial charge on any atom is 0.143 e. The van der Waals surface area contributed by atoms with Crippen molar-refractivity contribution in [1.29, 1.82) is 0 Å². The number of hydrogen-bond acceptors (Lipinski definition) is 2. The molecule has 0 bridgehead atoms. The van der Waals surface area contributed by atoms with Gasteiger partial charge in [0.2, 0.25) is 0 Å². The number of pyridine rings is 1. The molecule has 0 N–H and O–H groups in total. The molecule has 0 unspecified atom stereocenters. The number of halogens is 1. The van der Waals surface area contributed by atoms with Gasteiger partial charge in [0.1, 0.15) is 5.82 Å². The second-order valence-corrected chi connectivity index (χ2v) is 5.33. The molecule has 1 aliphatic rings. The number of aromatic nitrogens is 1. The van der Waals surface area contributed by atoms with Crippen LogP contribution in [0.5, 0.6) is 0 Å². The van der Waals surface area contributed by atoms with E-state index in [-0.39, 0.29) is 5.82 Å². The number of hydrogen-bond donors (Lipinski definition) is 0. The summed E-state index contributed by atoms with van der Waals surface area (Å²) >= 11 is 0. The molecule has 3 heteroatoms. The molecule has 0 radical (unpaired) electrons. The Balaban J connectivity index is 0.000000861. The van der Waals surface area contributed by atoms with Gasteiger partial charge in [-0.1, -0.05) is 27.7 Å². The molecule has 19 heavy (non-hydrogen) atoms. The Kier molecular flexibility index (Phi) is 6.26. The summed E-state index contributed by atoms with van der Waals surface area (Å²) in [4.78, 5) is 6.36. The molecule has 0 spiro atoms. The van der Waals surface area contributed by atoms with Crippen molar-refractivity contribution in [3.63, 3.8) is 0 Å². The standard InChI is InChI=1S/C14H21FN2.C2H6/c1-10(2)12-4-6-17(7-5-12)14-8-13(15)9-16-11(14)3;1-2/h8-10,12H,4-7H2,1-3H3;1-2H3. The molecule has 1 aromatic rings. The number of aryl methyl sites for hydroxylation is 1. The van der Waals surface area contributed by atoms with Gasteiger partial charge in [0.25, 0.3) is 0 Å². The van der Waals surface area contributed by atoms with Crippen LogP contribution < -0.4 is 4.90 Å². The highest BCUT2D eigenvalue weighted by Gasteiger charge is 2.22. The molecule has 108 valence electrons. The second kappa shape index (κ2) is 7.46. The topological polar surface area (TPSA) is 16.1 Å². The quantitative estimate of drug-likeness (QED) is 0.787. The Bertz CT molecular complexity index is 382. The third kappa shape index (κ3) is 4.19. The first-order chi connectivity index (χ1) is 9.08. The average Bonchev–Trinajstić information content (AvgIpc) is 2.44. The Morgan fingerprint density at radius 3 is 2.37 bits per heavy atom. The fourth-order valence-electron chi connectivity index (χ4n) is 2.62. The molecule has 1 aliphatic heterocycles. The SMILES string of the molecule is CC.Cc1ncc(F)cc1N1CCC(C(C)C)CC1. The first kappa shape index (κ1) is 15.9. The van der Waals surface area contributed by atoms with E-state index in [1.54, 1.807) is 6.07 Å². The van der Waals surface area contributed by atoms with E-state index in [1.807, 2.05) is 20.8 Å². The molecular formula is C16H27FN2. The van der Waals surface area contributed by atoms with Crippen LogP contribution >= 0.6 is 0 Å². The molecule has 2 nitrogen and oxygen atoms in total. The smallest absolute Gasteiger partial charge is 0.143 e. The molecular weight excluding hydrogens is 239 g/mol. The highest BCUT2D eigenvalue weighted by atomic mass is 19.1. The van der Waals surface area contributed by atoms with Crippen LogP contribution in [0.4, 0.5) is 10.1 Å². The molecule has 2 heterocycles. The maximum atomic E-state index is 13.2. The molecule has 1 aromatic heterocycles. The number of piperidine rings is 1. The lowest BCUT2D eigenvalue weighted by Crippen LogP contribution is -2.35. The number of rotatable bonds is 2. The Hall–Kier alpha value is -1.12. The molecule has 0 saturated carbocycles. The van der Waals surface area contributed by atoms with E-state index in [1.165, 1.54) is 19.0 Å². The summed E-state index contributed by atoms with van der Waals surface area (Å²) in [5, 5.41) is 0. The summed E-state index contributed by atoms with van der Waals surface area (Å²) < 4.78 is 13.2. The van der Waals surface area contributed by atoms with Crippen molar-refractivity contribution in [1.82, 2.24) is 4.98 Å². The van der Waals surface area contributed by atoms with Gasteiger partial charge in [-0.3, -0.25) is 4.98 Å². The van der Waals surface area contributed by atoms with E-state index < -0.39 is 0 Å². The van der Waals surface area contributed by atoms with E-state index in [4.69, 9.17) is 0 Å². The summed E-state index contributed by atoms with van der Waals surface area (Å²) in [6.45, 7) is 12.6. The van der Waals surface area contributed by atoms with Crippen molar-refractivity contribution in [2.75, 3.05) is 18.0 Å². The Morgan fingerprint density at radius 2 is 1.84 bits per heavy atom. The normalized spacial score (nSPS) is 16.3. The van der Waals surface area contributed by atoms with Gasteiger partial charge in [-0.25, -0.2) is 4.39 Å². The van der Waals surface area contributed by atoms with Gasteiger partial charge in [0.05, 0.1) is 17.6 Å².